The number of nitrogens with zero attached hydrogens (tertiary/aromatic N) is 5. The lowest BCUT2D eigenvalue weighted by molar-refractivity contribution is -0.120. The Hall–Kier alpha value is -1.87. The summed E-state index contributed by atoms with van der Waals surface area (Å²) >= 11 is 1.67. The number of anilines is 1. The first-order chi connectivity index (χ1) is 12.7. The predicted molar refractivity (Wildman–Crippen MR) is 103 cm³/mol. The minimum absolute atomic E-state index is 0.0456. The Bertz CT molecular complexity index is 744. The normalized spacial score (nSPS) is 14.8. The highest BCUT2D eigenvalue weighted by Crippen LogP contribution is 2.28. The highest BCUT2D eigenvalue weighted by molar-refractivity contribution is 7.99. The van der Waals surface area contributed by atoms with Crippen molar-refractivity contribution >= 4 is 34.5 Å². The van der Waals surface area contributed by atoms with E-state index in [-0.39, 0.29) is 5.91 Å². The molecular weight excluding hydrogens is 352 g/mol. The van der Waals surface area contributed by atoms with Crippen molar-refractivity contribution in [3.8, 4) is 0 Å². The summed E-state index contributed by atoms with van der Waals surface area (Å²) < 4.78 is 7.32. The fourth-order valence-electron chi connectivity index (χ4n) is 2.78. The zero-order valence-corrected chi connectivity index (χ0v) is 16.2. The Morgan fingerprint density at radius 1 is 1.31 bits per heavy atom. The molecule has 8 nitrogen and oxygen atoms in total. The fraction of sp³-hybridized carbons (Fsp3) is 0.647. The van der Waals surface area contributed by atoms with Gasteiger partial charge in [0.2, 0.25) is 5.91 Å². The molecule has 2 aromatic heterocycles. The third-order valence-electron chi connectivity index (χ3n) is 4.17. The van der Waals surface area contributed by atoms with Crippen LogP contribution < -0.4 is 10.2 Å². The molecule has 1 aliphatic heterocycles. The van der Waals surface area contributed by atoms with Crippen molar-refractivity contribution in [2.75, 3.05) is 43.5 Å². The summed E-state index contributed by atoms with van der Waals surface area (Å²) in [5.74, 6) is 1.96. The SMILES string of the molecule is CCCSc1nc(N2CCOCC2)c2cnn(CCNC(=O)CC)c2n1. The number of morpholine rings is 1. The lowest BCUT2D eigenvalue weighted by Gasteiger charge is -2.28. The molecule has 0 radical (unpaired) electrons. The maximum Gasteiger partial charge on any atom is 0.219 e. The van der Waals surface area contributed by atoms with Crippen LogP contribution in [0.2, 0.25) is 0 Å². The summed E-state index contributed by atoms with van der Waals surface area (Å²) in [7, 11) is 0. The first-order valence-corrected chi connectivity index (χ1v) is 10.2. The fourth-order valence-corrected chi connectivity index (χ4v) is 3.47. The second-order valence-corrected chi connectivity index (χ2v) is 7.15. The molecular formula is C17H26N6O2S. The molecule has 1 amide bonds. The van der Waals surface area contributed by atoms with Crippen molar-refractivity contribution < 1.29 is 9.53 Å². The van der Waals surface area contributed by atoms with Crippen molar-refractivity contribution in [3.05, 3.63) is 6.20 Å². The molecule has 0 saturated carbocycles. The lowest BCUT2D eigenvalue weighted by Crippen LogP contribution is -2.37. The Morgan fingerprint density at radius 3 is 2.85 bits per heavy atom. The molecule has 0 bridgehead atoms. The van der Waals surface area contributed by atoms with Gasteiger partial charge < -0.3 is 15.0 Å². The highest BCUT2D eigenvalue weighted by atomic mass is 32.2. The van der Waals surface area contributed by atoms with Crippen molar-refractivity contribution in [1.82, 2.24) is 25.1 Å². The van der Waals surface area contributed by atoms with E-state index in [0.717, 1.165) is 47.3 Å². The van der Waals surface area contributed by atoms with E-state index < -0.39 is 0 Å². The van der Waals surface area contributed by atoms with Gasteiger partial charge in [-0.15, -0.1) is 0 Å². The summed E-state index contributed by atoms with van der Waals surface area (Å²) in [6.07, 6.45) is 3.39. The minimum Gasteiger partial charge on any atom is -0.378 e. The van der Waals surface area contributed by atoms with Gasteiger partial charge in [-0.25, -0.2) is 14.6 Å². The molecule has 1 fully saturated rings. The van der Waals surface area contributed by atoms with Crippen LogP contribution in [0.1, 0.15) is 26.7 Å². The number of carbonyl (C=O) groups excluding carboxylic acids is 1. The second-order valence-electron chi connectivity index (χ2n) is 6.09. The Labute approximate surface area is 157 Å². The summed E-state index contributed by atoms with van der Waals surface area (Å²) in [5.41, 5.74) is 0.825. The zero-order valence-electron chi connectivity index (χ0n) is 15.4. The van der Waals surface area contributed by atoms with Crippen molar-refractivity contribution in [3.63, 3.8) is 0 Å². The van der Waals surface area contributed by atoms with Crippen LogP contribution in [0, 0.1) is 0 Å². The third-order valence-corrected chi connectivity index (χ3v) is 5.22. The number of hydrogen-bond acceptors (Lipinski definition) is 7. The van der Waals surface area contributed by atoms with Crippen LogP contribution >= 0.6 is 11.8 Å². The molecule has 0 aliphatic carbocycles. The molecule has 1 saturated heterocycles. The number of ether oxygens (including phenoxy) is 1. The number of amides is 1. The van der Waals surface area contributed by atoms with Gasteiger partial charge >= 0.3 is 0 Å². The average molecular weight is 379 g/mol. The molecule has 2 aromatic rings. The van der Waals surface area contributed by atoms with E-state index in [1.54, 1.807) is 11.8 Å². The standard InChI is InChI=1S/C17H26N6O2S/c1-3-11-26-17-20-15(22-7-9-25-10-8-22)13-12-19-23(16(13)21-17)6-5-18-14(24)4-2/h12H,3-11H2,1-2H3,(H,18,24). The molecule has 0 unspecified atom stereocenters. The van der Waals surface area contributed by atoms with Crippen molar-refractivity contribution in [1.29, 1.82) is 0 Å². The van der Waals surface area contributed by atoms with Crippen LogP contribution in [-0.2, 0) is 16.1 Å². The number of nitrogens with one attached hydrogen (secondary N) is 1. The summed E-state index contributed by atoms with van der Waals surface area (Å²) in [6.45, 7) is 8.18. The van der Waals surface area contributed by atoms with Crippen LogP contribution in [0.15, 0.2) is 11.4 Å². The van der Waals surface area contributed by atoms with E-state index in [1.165, 1.54) is 0 Å². The quantitative estimate of drug-likeness (QED) is 0.553. The number of hydrogen-bond donors (Lipinski definition) is 1. The first-order valence-electron chi connectivity index (χ1n) is 9.18. The van der Waals surface area contributed by atoms with Gasteiger partial charge in [0, 0.05) is 31.8 Å². The molecule has 3 rings (SSSR count). The molecule has 0 atom stereocenters. The van der Waals surface area contributed by atoms with Crippen LogP contribution in [0.5, 0.6) is 0 Å². The smallest absolute Gasteiger partial charge is 0.219 e. The van der Waals surface area contributed by atoms with Gasteiger partial charge in [-0.2, -0.15) is 5.10 Å². The van der Waals surface area contributed by atoms with E-state index >= 15 is 0 Å². The minimum atomic E-state index is 0.0456. The van der Waals surface area contributed by atoms with Gasteiger partial charge in [0.05, 0.1) is 31.3 Å². The Balaban J connectivity index is 1.88. The van der Waals surface area contributed by atoms with Gasteiger partial charge in [0.15, 0.2) is 10.8 Å². The molecule has 142 valence electrons. The topological polar surface area (TPSA) is 85.2 Å². The largest absolute Gasteiger partial charge is 0.378 e. The van der Waals surface area contributed by atoms with E-state index in [1.807, 2.05) is 17.8 Å². The maximum absolute atomic E-state index is 11.4. The highest BCUT2D eigenvalue weighted by Gasteiger charge is 2.20. The number of thioether (sulfide) groups is 1. The third kappa shape index (κ3) is 4.45. The van der Waals surface area contributed by atoms with Gasteiger partial charge in [-0.3, -0.25) is 4.79 Å². The number of carbonyl (C=O) groups is 1. The van der Waals surface area contributed by atoms with Crippen molar-refractivity contribution in [2.45, 2.75) is 38.4 Å². The number of rotatable bonds is 8. The van der Waals surface area contributed by atoms with Gasteiger partial charge in [-0.1, -0.05) is 25.6 Å². The summed E-state index contributed by atoms with van der Waals surface area (Å²) in [6, 6.07) is 0. The van der Waals surface area contributed by atoms with E-state index in [4.69, 9.17) is 14.7 Å². The Kier molecular flexibility index (Phi) is 6.67. The second kappa shape index (κ2) is 9.18. The van der Waals surface area contributed by atoms with Gasteiger partial charge in [0.1, 0.15) is 5.82 Å². The van der Waals surface area contributed by atoms with E-state index in [0.29, 0.717) is 32.7 Å². The monoisotopic (exact) mass is 378 g/mol. The van der Waals surface area contributed by atoms with Crippen molar-refractivity contribution in [2.24, 2.45) is 0 Å². The predicted octanol–water partition coefficient (Wildman–Crippen LogP) is 1.69. The maximum atomic E-state index is 11.4. The first kappa shape index (κ1) is 18.9. The zero-order chi connectivity index (χ0) is 18.4. The number of aromatic nitrogens is 4. The van der Waals surface area contributed by atoms with E-state index in [2.05, 4.69) is 22.2 Å². The summed E-state index contributed by atoms with van der Waals surface area (Å²) in [4.78, 5) is 23.2. The average Bonchev–Trinajstić information content (AvgIpc) is 3.09. The van der Waals surface area contributed by atoms with Gasteiger partial charge in [0.25, 0.3) is 0 Å². The van der Waals surface area contributed by atoms with Crippen LogP contribution in [0.25, 0.3) is 11.0 Å². The molecule has 0 spiro atoms. The molecule has 1 N–H and O–H groups in total. The molecule has 26 heavy (non-hydrogen) atoms. The molecule has 0 aromatic carbocycles. The van der Waals surface area contributed by atoms with Crippen LogP contribution in [-0.4, -0.2) is 64.3 Å². The molecule has 3 heterocycles. The molecule has 1 aliphatic rings. The van der Waals surface area contributed by atoms with E-state index in [9.17, 15) is 4.79 Å². The van der Waals surface area contributed by atoms with Crippen LogP contribution in [0.4, 0.5) is 5.82 Å². The number of fused-ring (bicyclic) bond motifs is 1. The Morgan fingerprint density at radius 2 is 2.12 bits per heavy atom. The lowest BCUT2D eigenvalue weighted by atomic mass is 10.3. The summed E-state index contributed by atoms with van der Waals surface area (Å²) in [5, 5.41) is 9.11. The van der Waals surface area contributed by atoms with Crippen LogP contribution in [0.3, 0.4) is 0 Å². The van der Waals surface area contributed by atoms with Gasteiger partial charge in [-0.05, 0) is 6.42 Å². The molecule has 9 heteroatoms.